The molecule has 1 heterocycles. The van der Waals surface area contributed by atoms with Gasteiger partial charge in [-0.2, -0.15) is 0 Å². The Hall–Kier alpha value is -3.41. The number of carbonyl (C=O) groups is 2. The molecule has 3 rings (SSSR count). The van der Waals surface area contributed by atoms with Crippen LogP contribution in [-0.2, 0) is 4.79 Å². The van der Waals surface area contributed by atoms with E-state index in [1.54, 1.807) is 12.1 Å². The number of rotatable bonds is 4. The number of carbonyl (C=O) groups excluding carboxylic acids is 2. The van der Waals surface area contributed by atoms with Gasteiger partial charge >= 0.3 is 0 Å². The molecule has 0 radical (unpaired) electrons. The summed E-state index contributed by atoms with van der Waals surface area (Å²) in [6.45, 7) is 5.60. The number of hydrogen-bond donors (Lipinski definition) is 2. The Balaban J connectivity index is 1.60. The number of pyridine rings is 1. The summed E-state index contributed by atoms with van der Waals surface area (Å²) in [5.74, 6) is -0.247. The van der Waals surface area contributed by atoms with Crippen LogP contribution >= 0.6 is 0 Å². The summed E-state index contributed by atoms with van der Waals surface area (Å²) in [5.41, 5.74) is 8.95. The van der Waals surface area contributed by atoms with Crippen LogP contribution in [0.1, 0.15) is 27.2 Å². The lowest BCUT2D eigenvalue weighted by molar-refractivity contribution is -0.123. The molecule has 2 N–H and O–H groups in total. The average Bonchev–Trinajstić information content (AvgIpc) is 2.66. The second-order valence-corrected chi connectivity index (χ2v) is 6.37. The Morgan fingerprint density at radius 3 is 2.52 bits per heavy atom. The second kappa shape index (κ2) is 7.86. The maximum atomic E-state index is 12.5. The molecule has 0 aliphatic heterocycles. The van der Waals surface area contributed by atoms with Crippen LogP contribution in [0.25, 0.3) is 10.9 Å². The van der Waals surface area contributed by atoms with Gasteiger partial charge in [0.15, 0.2) is 6.61 Å². The van der Waals surface area contributed by atoms with Crippen molar-refractivity contribution in [2.75, 3.05) is 6.61 Å². The van der Waals surface area contributed by atoms with Gasteiger partial charge in [-0.3, -0.25) is 25.4 Å². The summed E-state index contributed by atoms with van der Waals surface area (Å²) in [6.07, 6.45) is 0. The highest BCUT2D eigenvalue weighted by Crippen LogP contribution is 2.18. The van der Waals surface area contributed by atoms with Crippen LogP contribution in [0.5, 0.6) is 5.75 Å². The zero-order valence-electron chi connectivity index (χ0n) is 15.5. The van der Waals surface area contributed by atoms with Gasteiger partial charge in [-0.25, -0.2) is 0 Å². The average molecular weight is 363 g/mol. The van der Waals surface area contributed by atoms with Crippen molar-refractivity contribution in [3.63, 3.8) is 0 Å². The van der Waals surface area contributed by atoms with Gasteiger partial charge in [0.25, 0.3) is 11.8 Å². The third-order valence-corrected chi connectivity index (χ3v) is 4.25. The van der Waals surface area contributed by atoms with Gasteiger partial charge in [0.2, 0.25) is 0 Å². The molecule has 0 atom stereocenters. The van der Waals surface area contributed by atoms with Crippen LogP contribution < -0.4 is 15.6 Å². The number of para-hydroxylation sites is 1. The lowest BCUT2D eigenvalue weighted by Crippen LogP contribution is -2.43. The predicted molar refractivity (Wildman–Crippen MR) is 103 cm³/mol. The normalized spacial score (nSPS) is 10.5. The van der Waals surface area contributed by atoms with Gasteiger partial charge < -0.3 is 4.74 Å². The highest BCUT2D eigenvalue weighted by molar-refractivity contribution is 6.06. The zero-order valence-corrected chi connectivity index (χ0v) is 15.5. The highest BCUT2D eigenvalue weighted by Gasteiger charge is 2.13. The van der Waals surface area contributed by atoms with Crippen LogP contribution in [0.3, 0.4) is 0 Å². The van der Waals surface area contributed by atoms with Gasteiger partial charge in [0, 0.05) is 11.1 Å². The maximum Gasteiger partial charge on any atom is 0.276 e. The number of ether oxygens (including phenoxy) is 1. The fraction of sp³-hybridized carbons (Fsp3) is 0.190. The predicted octanol–water partition coefficient (Wildman–Crippen LogP) is 3.00. The standard InChI is InChI=1S/C21H21N3O3/c1-13-8-9-16(10-14(13)2)27-12-20(25)23-24-21(26)18-11-15(3)22-19-7-5-4-6-17(18)19/h4-11H,12H2,1-3H3,(H,23,25)(H,24,26). The minimum absolute atomic E-state index is 0.196. The number of nitrogens with one attached hydrogen (secondary N) is 2. The monoisotopic (exact) mass is 363 g/mol. The first-order valence-corrected chi connectivity index (χ1v) is 8.59. The van der Waals surface area contributed by atoms with E-state index in [1.165, 1.54) is 0 Å². The molecule has 0 saturated carbocycles. The molecule has 0 aliphatic rings. The fourth-order valence-corrected chi connectivity index (χ4v) is 2.68. The Labute approximate surface area is 157 Å². The number of aryl methyl sites for hydroxylation is 3. The summed E-state index contributed by atoms with van der Waals surface area (Å²) in [6, 6.07) is 14.7. The van der Waals surface area contributed by atoms with E-state index in [-0.39, 0.29) is 6.61 Å². The van der Waals surface area contributed by atoms with E-state index in [4.69, 9.17) is 4.74 Å². The Kier molecular flexibility index (Phi) is 5.35. The molecule has 1 aromatic heterocycles. The Bertz CT molecular complexity index is 1010. The van der Waals surface area contributed by atoms with E-state index in [2.05, 4.69) is 15.8 Å². The zero-order chi connectivity index (χ0) is 19.4. The van der Waals surface area contributed by atoms with E-state index in [0.29, 0.717) is 11.3 Å². The van der Waals surface area contributed by atoms with Crippen LogP contribution in [-0.4, -0.2) is 23.4 Å². The molecule has 27 heavy (non-hydrogen) atoms. The van der Waals surface area contributed by atoms with Gasteiger partial charge in [0.1, 0.15) is 5.75 Å². The molecular weight excluding hydrogens is 342 g/mol. The first-order chi connectivity index (χ1) is 12.9. The van der Waals surface area contributed by atoms with E-state index < -0.39 is 11.8 Å². The number of fused-ring (bicyclic) bond motifs is 1. The summed E-state index contributed by atoms with van der Waals surface area (Å²) in [4.78, 5) is 28.9. The molecule has 0 unspecified atom stereocenters. The van der Waals surface area contributed by atoms with Crippen molar-refractivity contribution in [1.29, 1.82) is 0 Å². The molecule has 2 amide bonds. The summed E-state index contributed by atoms with van der Waals surface area (Å²) < 4.78 is 5.46. The topological polar surface area (TPSA) is 80.3 Å². The molecule has 0 bridgehead atoms. The van der Waals surface area contributed by atoms with Crippen molar-refractivity contribution in [2.24, 2.45) is 0 Å². The van der Waals surface area contributed by atoms with Crippen LogP contribution in [0, 0.1) is 20.8 Å². The molecule has 6 heteroatoms. The quantitative estimate of drug-likeness (QED) is 0.699. The summed E-state index contributed by atoms with van der Waals surface area (Å²) in [7, 11) is 0. The highest BCUT2D eigenvalue weighted by atomic mass is 16.5. The van der Waals surface area contributed by atoms with E-state index in [0.717, 1.165) is 27.7 Å². The van der Waals surface area contributed by atoms with Gasteiger partial charge in [-0.1, -0.05) is 24.3 Å². The number of benzene rings is 2. The third-order valence-electron chi connectivity index (χ3n) is 4.25. The van der Waals surface area contributed by atoms with Crippen LogP contribution in [0.4, 0.5) is 0 Å². The van der Waals surface area contributed by atoms with Gasteiger partial charge in [-0.15, -0.1) is 0 Å². The number of nitrogens with zero attached hydrogens (tertiary/aromatic N) is 1. The maximum absolute atomic E-state index is 12.5. The second-order valence-electron chi connectivity index (χ2n) is 6.37. The largest absolute Gasteiger partial charge is 0.484 e. The number of aromatic nitrogens is 1. The minimum atomic E-state index is -0.448. The lowest BCUT2D eigenvalue weighted by atomic mass is 10.1. The molecule has 0 spiro atoms. The number of hydrazine groups is 1. The fourth-order valence-electron chi connectivity index (χ4n) is 2.68. The molecule has 6 nitrogen and oxygen atoms in total. The third kappa shape index (κ3) is 4.41. The number of amides is 2. The molecule has 3 aromatic rings. The Morgan fingerprint density at radius 1 is 0.963 bits per heavy atom. The van der Waals surface area contributed by atoms with Crippen molar-refractivity contribution >= 4 is 22.7 Å². The van der Waals surface area contributed by atoms with Crippen molar-refractivity contribution in [1.82, 2.24) is 15.8 Å². The summed E-state index contributed by atoms with van der Waals surface area (Å²) >= 11 is 0. The first-order valence-electron chi connectivity index (χ1n) is 8.59. The van der Waals surface area contributed by atoms with Gasteiger partial charge in [0.05, 0.1) is 11.1 Å². The van der Waals surface area contributed by atoms with Crippen LogP contribution in [0.2, 0.25) is 0 Å². The van der Waals surface area contributed by atoms with E-state index >= 15 is 0 Å². The summed E-state index contributed by atoms with van der Waals surface area (Å²) in [5, 5.41) is 0.723. The molecular formula is C21H21N3O3. The molecule has 0 saturated heterocycles. The molecule has 138 valence electrons. The van der Waals surface area contributed by atoms with Gasteiger partial charge in [-0.05, 0) is 56.2 Å². The van der Waals surface area contributed by atoms with Crippen molar-refractivity contribution in [3.8, 4) is 5.75 Å². The van der Waals surface area contributed by atoms with E-state index in [9.17, 15) is 9.59 Å². The molecule has 0 fully saturated rings. The Morgan fingerprint density at radius 2 is 1.74 bits per heavy atom. The van der Waals surface area contributed by atoms with E-state index in [1.807, 2.05) is 57.2 Å². The van der Waals surface area contributed by atoms with Crippen molar-refractivity contribution < 1.29 is 14.3 Å². The minimum Gasteiger partial charge on any atom is -0.484 e. The number of hydrogen-bond acceptors (Lipinski definition) is 4. The molecule has 0 aliphatic carbocycles. The molecule has 2 aromatic carbocycles. The first kappa shape index (κ1) is 18.4. The lowest BCUT2D eigenvalue weighted by Gasteiger charge is -2.11. The smallest absolute Gasteiger partial charge is 0.276 e. The SMILES string of the molecule is Cc1cc(C(=O)NNC(=O)COc2ccc(C)c(C)c2)c2ccccc2n1. The van der Waals surface area contributed by atoms with Crippen LogP contribution in [0.15, 0.2) is 48.5 Å². The van der Waals surface area contributed by atoms with Crippen molar-refractivity contribution in [2.45, 2.75) is 20.8 Å². The van der Waals surface area contributed by atoms with Crippen molar-refractivity contribution in [3.05, 3.63) is 70.9 Å².